The fourth-order valence-corrected chi connectivity index (χ4v) is 4.18. The zero-order valence-electron chi connectivity index (χ0n) is 20.2. The minimum absolute atomic E-state index is 0.0639. The number of carbonyl (C=O) groups is 1. The highest BCUT2D eigenvalue weighted by molar-refractivity contribution is 5.68. The van der Waals surface area contributed by atoms with Crippen LogP contribution in [0.25, 0.3) is 5.69 Å². The molecule has 1 aliphatic rings. The van der Waals surface area contributed by atoms with Gasteiger partial charge in [-0.25, -0.2) is 9.48 Å². The topological polar surface area (TPSA) is 68.6 Å². The number of piperidine rings is 1. The van der Waals surface area contributed by atoms with E-state index in [9.17, 15) is 4.79 Å². The van der Waals surface area contributed by atoms with Crippen molar-refractivity contribution in [3.8, 4) is 11.4 Å². The fraction of sp³-hybridized carbons (Fsp3) is 0.407. The van der Waals surface area contributed by atoms with Crippen molar-refractivity contribution in [3.05, 3.63) is 78.6 Å². The van der Waals surface area contributed by atoms with Gasteiger partial charge in [-0.1, -0.05) is 30.3 Å². The van der Waals surface area contributed by atoms with E-state index in [2.05, 4.69) is 39.6 Å². The van der Waals surface area contributed by atoms with Crippen LogP contribution in [0.3, 0.4) is 0 Å². The Kier molecular flexibility index (Phi) is 7.53. The Morgan fingerprint density at radius 2 is 1.85 bits per heavy atom. The van der Waals surface area contributed by atoms with Crippen molar-refractivity contribution >= 4 is 6.09 Å². The molecule has 34 heavy (non-hydrogen) atoms. The van der Waals surface area contributed by atoms with Crippen LogP contribution in [0.15, 0.2) is 73.1 Å². The van der Waals surface area contributed by atoms with Gasteiger partial charge in [0.15, 0.2) is 0 Å². The second-order valence-electron chi connectivity index (χ2n) is 9.84. The molecule has 2 aromatic carbocycles. The molecule has 7 heteroatoms. The quantitative estimate of drug-likeness (QED) is 0.553. The summed E-state index contributed by atoms with van der Waals surface area (Å²) in [6.45, 7) is 8.86. The van der Waals surface area contributed by atoms with Gasteiger partial charge in [-0.15, -0.1) is 0 Å². The lowest BCUT2D eigenvalue weighted by molar-refractivity contribution is -0.0123. The molecule has 1 saturated heterocycles. The average Bonchev–Trinajstić information content (AvgIpc) is 3.34. The Morgan fingerprint density at radius 1 is 1.09 bits per heavy atom. The Hall–Kier alpha value is -3.32. The normalized spacial score (nSPS) is 18.9. The Morgan fingerprint density at radius 3 is 2.53 bits per heavy atom. The van der Waals surface area contributed by atoms with Crippen LogP contribution in [0.1, 0.15) is 32.8 Å². The van der Waals surface area contributed by atoms with Crippen LogP contribution < -0.4 is 10.1 Å². The van der Waals surface area contributed by atoms with Gasteiger partial charge in [-0.2, -0.15) is 5.10 Å². The summed E-state index contributed by atoms with van der Waals surface area (Å²) in [5.41, 5.74) is 1.92. The van der Waals surface area contributed by atoms with E-state index in [-0.39, 0.29) is 23.7 Å². The zero-order valence-corrected chi connectivity index (χ0v) is 20.2. The molecule has 2 heterocycles. The van der Waals surface area contributed by atoms with Crippen molar-refractivity contribution in [2.75, 3.05) is 19.7 Å². The van der Waals surface area contributed by atoms with Crippen LogP contribution in [-0.2, 0) is 11.3 Å². The highest BCUT2D eigenvalue weighted by atomic mass is 16.6. The van der Waals surface area contributed by atoms with Gasteiger partial charge in [0.05, 0.1) is 12.3 Å². The Labute approximate surface area is 201 Å². The monoisotopic (exact) mass is 462 g/mol. The number of aromatic nitrogens is 2. The summed E-state index contributed by atoms with van der Waals surface area (Å²) in [6.07, 6.45) is 3.87. The lowest BCUT2D eigenvalue weighted by Crippen LogP contribution is -2.49. The standard InChI is InChI=1S/C27H34N4O3/c1-27(2,3)29-26(32)34-25-14-17-30(18-21-8-5-4-6-9-21)19-22(25)20-33-24-12-10-23(11-13-24)31-16-7-15-28-31/h4-13,15-16,22,25H,14,17-20H2,1-3H3,(H,29,32)/t22-,25+/m1/s1. The van der Waals surface area contributed by atoms with Gasteiger partial charge in [0.2, 0.25) is 0 Å². The van der Waals surface area contributed by atoms with Gasteiger partial charge < -0.3 is 14.8 Å². The smallest absolute Gasteiger partial charge is 0.407 e. The molecule has 4 rings (SSSR count). The highest BCUT2D eigenvalue weighted by Crippen LogP contribution is 2.24. The molecule has 0 radical (unpaired) electrons. The van der Waals surface area contributed by atoms with Gasteiger partial charge in [0.25, 0.3) is 0 Å². The number of nitrogens with zero attached hydrogens (tertiary/aromatic N) is 3. The second-order valence-corrected chi connectivity index (χ2v) is 9.84. The molecular weight excluding hydrogens is 428 g/mol. The average molecular weight is 463 g/mol. The third-order valence-corrected chi connectivity index (χ3v) is 5.80. The zero-order chi connectivity index (χ0) is 24.0. The number of nitrogens with one attached hydrogen (secondary N) is 1. The summed E-state index contributed by atoms with van der Waals surface area (Å²) < 4.78 is 13.8. The number of hydrogen-bond acceptors (Lipinski definition) is 5. The van der Waals surface area contributed by atoms with Crippen LogP contribution in [0.4, 0.5) is 4.79 Å². The molecule has 1 N–H and O–H groups in total. The van der Waals surface area contributed by atoms with Crippen LogP contribution >= 0.6 is 0 Å². The number of likely N-dealkylation sites (tertiary alicyclic amines) is 1. The van der Waals surface area contributed by atoms with E-state index < -0.39 is 0 Å². The summed E-state index contributed by atoms with van der Waals surface area (Å²) >= 11 is 0. The first-order chi connectivity index (χ1) is 16.4. The minimum Gasteiger partial charge on any atom is -0.493 e. The Balaban J connectivity index is 1.40. The van der Waals surface area contributed by atoms with E-state index >= 15 is 0 Å². The molecule has 1 fully saturated rings. The summed E-state index contributed by atoms with van der Waals surface area (Å²) in [4.78, 5) is 14.9. The molecule has 0 saturated carbocycles. The summed E-state index contributed by atoms with van der Waals surface area (Å²) in [5, 5.41) is 7.16. The summed E-state index contributed by atoms with van der Waals surface area (Å²) in [6, 6.07) is 20.2. The first-order valence-corrected chi connectivity index (χ1v) is 11.8. The molecule has 1 aromatic heterocycles. The third-order valence-electron chi connectivity index (χ3n) is 5.80. The van der Waals surface area contributed by atoms with Gasteiger partial charge in [-0.3, -0.25) is 4.90 Å². The molecule has 0 aliphatic carbocycles. The Bertz CT molecular complexity index is 1030. The highest BCUT2D eigenvalue weighted by Gasteiger charge is 2.33. The maximum absolute atomic E-state index is 12.5. The maximum Gasteiger partial charge on any atom is 0.407 e. The molecule has 180 valence electrons. The number of amides is 1. The van der Waals surface area contributed by atoms with Crippen molar-refractivity contribution < 1.29 is 14.3 Å². The molecule has 0 spiro atoms. The second kappa shape index (κ2) is 10.7. The van der Waals surface area contributed by atoms with E-state index in [0.29, 0.717) is 6.61 Å². The van der Waals surface area contributed by atoms with E-state index in [1.165, 1.54) is 5.56 Å². The molecular formula is C27H34N4O3. The number of carbonyl (C=O) groups excluding carboxylic acids is 1. The molecule has 0 unspecified atom stereocenters. The number of hydrogen-bond donors (Lipinski definition) is 1. The van der Waals surface area contributed by atoms with E-state index in [4.69, 9.17) is 9.47 Å². The van der Waals surface area contributed by atoms with Crippen LogP contribution in [-0.4, -0.2) is 52.1 Å². The molecule has 7 nitrogen and oxygen atoms in total. The van der Waals surface area contributed by atoms with Gasteiger partial charge in [-0.05, 0) is 63.1 Å². The third kappa shape index (κ3) is 6.84. The van der Waals surface area contributed by atoms with Crippen LogP contribution in [0.2, 0.25) is 0 Å². The predicted molar refractivity (Wildman–Crippen MR) is 132 cm³/mol. The minimum atomic E-state index is -0.373. The first kappa shape index (κ1) is 23.8. The number of ether oxygens (including phenoxy) is 2. The van der Waals surface area contributed by atoms with E-state index in [0.717, 1.165) is 37.5 Å². The number of benzene rings is 2. The van der Waals surface area contributed by atoms with Crippen molar-refractivity contribution in [1.29, 1.82) is 0 Å². The lowest BCUT2D eigenvalue weighted by atomic mass is 9.94. The predicted octanol–water partition coefficient (Wildman–Crippen LogP) is 4.67. The fourth-order valence-electron chi connectivity index (χ4n) is 4.18. The van der Waals surface area contributed by atoms with Crippen molar-refractivity contribution in [2.45, 2.75) is 45.4 Å². The molecule has 2 atom stereocenters. The molecule has 3 aromatic rings. The van der Waals surface area contributed by atoms with Crippen LogP contribution in [0.5, 0.6) is 5.75 Å². The van der Waals surface area contributed by atoms with E-state index in [1.54, 1.807) is 6.20 Å². The van der Waals surface area contributed by atoms with Crippen molar-refractivity contribution in [1.82, 2.24) is 20.0 Å². The molecule has 1 aliphatic heterocycles. The first-order valence-electron chi connectivity index (χ1n) is 11.8. The molecule has 0 bridgehead atoms. The molecule has 1 amide bonds. The van der Waals surface area contributed by atoms with Gasteiger partial charge >= 0.3 is 6.09 Å². The van der Waals surface area contributed by atoms with Gasteiger partial charge in [0.1, 0.15) is 11.9 Å². The SMILES string of the molecule is CC(C)(C)NC(=O)O[C@H]1CCN(Cc2ccccc2)C[C@@H]1COc1ccc(-n2cccn2)cc1. The maximum atomic E-state index is 12.5. The largest absolute Gasteiger partial charge is 0.493 e. The van der Waals surface area contributed by atoms with Gasteiger partial charge in [0, 0.05) is 43.5 Å². The summed E-state index contributed by atoms with van der Waals surface area (Å²) in [7, 11) is 0. The van der Waals surface area contributed by atoms with Crippen molar-refractivity contribution in [2.24, 2.45) is 5.92 Å². The van der Waals surface area contributed by atoms with Crippen LogP contribution in [0, 0.1) is 5.92 Å². The van der Waals surface area contributed by atoms with E-state index in [1.807, 2.05) is 68.0 Å². The summed E-state index contributed by atoms with van der Waals surface area (Å²) in [5.74, 6) is 0.850. The lowest BCUT2D eigenvalue weighted by Gasteiger charge is -2.38. The number of rotatable bonds is 7. The van der Waals surface area contributed by atoms with Crippen molar-refractivity contribution in [3.63, 3.8) is 0 Å². The number of alkyl carbamates (subject to hydrolysis) is 1.